The summed E-state index contributed by atoms with van der Waals surface area (Å²) in [5.41, 5.74) is 1.47. The van der Waals surface area contributed by atoms with E-state index in [9.17, 15) is 0 Å². The number of aryl methyl sites for hydroxylation is 1. The summed E-state index contributed by atoms with van der Waals surface area (Å²) in [4.78, 5) is 0. The Morgan fingerprint density at radius 1 is 1.40 bits per heavy atom. The first-order valence-corrected chi connectivity index (χ1v) is 6.49. The van der Waals surface area contributed by atoms with Crippen LogP contribution in [0.25, 0.3) is 0 Å². The van der Waals surface area contributed by atoms with Gasteiger partial charge in [0.15, 0.2) is 5.75 Å². The Balaban J connectivity index is 2.01. The zero-order chi connectivity index (χ0) is 14.4. The highest BCUT2D eigenvalue weighted by Gasteiger charge is 2.05. The zero-order valence-electron chi connectivity index (χ0n) is 11.7. The van der Waals surface area contributed by atoms with Gasteiger partial charge in [0, 0.05) is 6.54 Å². The van der Waals surface area contributed by atoms with Gasteiger partial charge in [0.05, 0.1) is 25.1 Å². The molecule has 0 spiro atoms. The number of aromatic nitrogens is 2. The van der Waals surface area contributed by atoms with Gasteiger partial charge in [0.25, 0.3) is 0 Å². The van der Waals surface area contributed by atoms with Crippen LogP contribution in [0.2, 0.25) is 0 Å². The lowest BCUT2D eigenvalue weighted by Crippen LogP contribution is -1.97. The lowest BCUT2D eigenvalue weighted by Gasteiger charge is -2.07. The number of ether oxygens (including phenoxy) is 2. The molecule has 0 aliphatic carbocycles. The average molecular weight is 271 g/mol. The first-order chi connectivity index (χ1) is 9.76. The van der Waals surface area contributed by atoms with Gasteiger partial charge >= 0.3 is 0 Å². The first kappa shape index (κ1) is 13.9. The van der Waals surface area contributed by atoms with Crippen LogP contribution in [0.5, 0.6) is 11.5 Å². The Morgan fingerprint density at radius 3 is 2.95 bits per heavy atom. The molecule has 0 atom stereocenters. The minimum atomic E-state index is 0.417. The van der Waals surface area contributed by atoms with E-state index in [1.807, 2.05) is 23.0 Å². The Kier molecular flexibility index (Phi) is 4.61. The average Bonchev–Trinajstić information content (AvgIpc) is 2.93. The standard InChI is InChI=1S/C15H17N3O2/c1-3-6-18-10-14(9-17-18)20-11-12-4-5-13(8-16)15(7-12)19-2/h4-5,7,9-10H,3,6,11H2,1-2H3. The Bertz CT molecular complexity index is 614. The minimum Gasteiger partial charge on any atom is -0.495 e. The van der Waals surface area contributed by atoms with E-state index in [1.54, 1.807) is 19.4 Å². The molecule has 0 aliphatic heterocycles. The summed E-state index contributed by atoms with van der Waals surface area (Å²) in [7, 11) is 1.55. The van der Waals surface area contributed by atoms with Crippen molar-refractivity contribution in [3.05, 3.63) is 41.7 Å². The summed E-state index contributed by atoms with van der Waals surface area (Å²) in [6.45, 7) is 3.40. The van der Waals surface area contributed by atoms with Crippen molar-refractivity contribution in [2.75, 3.05) is 7.11 Å². The van der Waals surface area contributed by atoms with E-state index in [2.05, 4.69) is 18.1 Å². The Labute approximate surface area is 118 Å². The summed E-state index contributed by atoms with van der Waals surface area (Å²) < 4.78 is 12.7. The lowest BCUT2D eigenvalue weighted by atomic mass is 10.1. The molecule has 5 heteroatoms. The smallest absolute Gasteiger partial charge is 0.157 e. The second-order valence-corrected chi connectivity index (χ2v) is 4.37. The molecule has 0 radical (unpaired) electrons. The first-order valence-electron chi connectivity index (χ1n) is 6.49. The maximum atomic E-state index is 8.93. The van der Waals surface area contributed by atoms with Gasteiger partial charge in [-0.05, 0) is 24.1 Å². The third-order valence-electron chi connectivity index (χ3n) is 2.85. The molecule has 0 aliphatic rings. The lowest BCUT2D eigenvalue weighted by molar-refractivity contribution is 0.304. The van der Waals surface area contributed by atoms with Crippen molar-refractivity contribution in [1.29, 1.82) is 5.26 Å². The van der Waals surface area contributed by atoms with E-state index >= 15 is 0 Å². The second-order valence-electron chi connectivity index (χ2n) is 4.37. The molecular weight excluding hydrogens is 254 g/mol. The van der Waals surface area contributed by atoms with Crippen LogP contribution < -0.4 is 9.47 Å². The molecule has 0 unspecified atom stereocenters. The van der Waals surface area contributed by atoms with Crippen LogP contribution >= 0.6 is 0 Å². The van der Waals surface area contributed by atoms with E-state index in [4.69, 9.17) is 14.7 Å². The summed E-state index contributed by atoms with van der Waals surface area (Å²) in [5, 5.41) is 13.1. The normalized spacial score (nSPS) is 10.1. The molecule has 1 aromatic carbocycles. The molecule has 20 heavy (non-hydrogen) atoms. The molecule has 0 saturated carbocycles. The largest absolute Gasteiger partial charge is 0.495 e. The van der Waals surface area contributed by atoms with Crippen LogP contribution in [0, 0.1) is 11.3 Å². The van der Waals surface area contributed by atoms with Crippen molar-refractivity contribution in [2.45, 2.75) is 26.5 Å². The number of hydrogen-bond donors (Lipinski definition) is 0. The van der Waals surface area contributed by atoms with Gasteiger partial charge in [0.2, 0.25) is 0 Å². The molecule has 1 heterocycles. The van der Waals surface area contributed by atoms with Crippen LogP contribution in [-0.2, 0) is 13.2 Å². The van der Waals surface area contributed by atoms with Crippen LogP contribution in [-0.4, -0.2) is 16.9 Å². The summed E-state index contributed by atoms with van der Waals surface area (Å²) in [6, 6.07) is 7.49. The molecule has 0 bridgehead atoms. The molecule has 2 rings (SSSR count). The molecule has 2 aromatic rings. The van der Waals surface area contributed by atoms with Crippen molar-refractivity contribution in [3.8, 4) is 17.6 Å². The molecule has 0 amide bonds. The number of benzene rings is 1. The third kappa shape index (κ3) is 3.29. The molecule has 104 valence electrons. The highest BCUT2D eigenvalue weighted by molar-refractivity contribution is 5.45. The van der Waals surface area contributed by atoms with Crippen molar-refractivity contribution < 1.29 is 9.47 Å². The fraction of sp³-hybridized carbons (Fsp3) is 0.333. The maximum Gasteiger partial charge on any atom is 0.157 e. The Morgan fingerprint density at radius 2 is 2.25 bits per heavy atom. The summed E-state index contributed by atoms with van der Waals surface area (Å²) >= 11 is 0. The van der Waals surface area contributed by atoms with E-state index in [1.165, 1.54) is 0 Å². The van der Waals surface area contributed by atoms with Crippen LogP contribution in [0.1, 0.15) is 24.5 Å². The molecule has 0 N–H and O–H groups in total. The number of nitrogens with zero attached hydrogens (tertiary/aromatic N) is 3. The highest BCUT2D eigenvalue weighted by atomic mass is 16.5. The second kappa shape index (κ2) is 6.62. The van der Waals surface area contributed by atoms with Gasteiger partial charge in [-0.3, -0.25) is 4.68 Å². The van der Waals surface area contributed by atoms with Crippen molar-refractivity contribution in [1.82, 2.24) is 9.78 Å². The van der Waals surface area contributed by atoms with Gasteiger partial charge in [-0.15, -0.1) is 0 Å². The van der Waals surface area contributed by atoms with Crippen LogP contribution in [0.15, 0.2) is 30.6 Å². The summed E-state index contributed by atoms with van der Waals surface area (Å²) in [5.74, 6) is 1.30. The fourth-order valence-electron chi connectivity index (χ4n) is 1.85. The van der Waals surface area contributed by atoms with Gasteiger partial charge in [-0.2, -0.15) is 10.4 Å². The Hall–Kier alpha value is -2.48. The van der Waals surface area contributed by atoms with E-state index in [0.717, 1.165) is 24.3 Å². The zero-order valence-corrected chi connectivity index (χ0v) is 11.7. The van der Waals surface area contributed by atoms with Crippen molar-refractivity contribution >= 4 is 0 Å². The maximum absolute atomic E-state index is 8.93. The topological polar surface area (TPSA) is 60.1 Å². The molecule has 0 saturated heterocycles. The predicted octanol–water partition coefficient (Wildman–Crippen LogP) is 2.75. The monoisotopic (exact) mass is 271 g/mol. The van der Waals surface area contributed by atoms with E-state index < -0.39 is 0 Å². The van der Waals surface area contributed by atoms with Crippen molar-refractivity contribution in [2.24, 2.45) is 0 Å². The van der Waals surface area contributed by atoms with E-state index in [0.29, 0.717) is 17.9 Å². The van der Waals surface area contributed by atoms with Gasteiger partial charge in [-0.25, -0.2) is 0 Å². The molecule has 0 fully saturated rings. The quantitative estimate of drug-likeness (QED) is 0.810. The van der Waals surface area contributed by atoms with E-state index in [-0.39, 0.29) is 0 Å². The number of hydrogen-bond acceptors (Lipinski definition) is 4. The number of nitriles is 1. The molecular formula is C15H17N3O2. The van der Waals surface area contributed by atoms with Crippen molar-refractivity contribution in [3.63, 3.8) is 0 Å². The number of rotatable bonds is 6. The fourth-order valence-corrected chi connectivity index (χ4v) is 1.85. The van der Waals surface area contributed by atoms with Gasteiger partial charge in [0.1, 0.15) is 18.4 Å². The third-order valence-corrected chi connectivity index (χ3v) is 2.85. The predicted molar refractivity (Wildman–Crippen MR) is 74.6 cm³/mol. The van der Waals surface area contributed by atoms with Gasteiger partial charge < -0.3 is 9.47 Å². The highest BCUT2D eigenvalue weighted by Crippen LogP contribution is 2.20. The molecule has 5 nitrogen and oxygen atoms in total. The van der Waals surface area contributed by atoms with Gasteiger partial charge in [-0.1, -0.05) is 13.0 Å². The summed E-state index contributed by atoms with van der Waals surface area (Å²) in [6.07, 6.45) is 4.62. The SMILES string of the molecule is CCCn1cc(OCc2ccc(C#N)c(OC)c2)cn1. The molecule has 1 aromatic heterocycles. The number of methoxy groups -OCH3 is 1. The minimum absolute atomic E-state index is 0.417. The van der Waals surface area contributed by atoms with Crippen LogP contribution in [0.3, 0.4) is 0 Å². The van der Waals surface area contributed by atoms with Crippen LogP contribution in [0.4, 0.5) is 0 Å².